The van der Waals surface area contributed by atoms with Gasteiger partial charge in [0.15, 0.2) is 11.4 Å². The molecular weight excluding hydrogens is 797 g/mol. The number of para-hydroxylation sites is 1. The number of carboxylic acids is 2. The molecule has 0 aliphatic rings. The molecule has 0 saturated carbocycles. The number of carbonyl (C=O) groups is 2. The molecule has 4 N–H and O–H groups in total. The summed E-state index contributed by atoms with van der Waals surface area (Å²) in [5.41, 5.74) is -0.0910. The number of pyridine rings is 2. The number of carboxylic acid groups (broad SMARTS) is 2. The molecule has 6 rings (SSSR count). The molecule has 17 nitrogen and oxygen atoms in total. The van der Waals surface area contributed by atoms with Crippen molar-refractivity contribution in [2.45, 2.75) is 18.7 Å². The molecule has 0 atom stereocenters. The van der Waals surface area contributed by atoms with Crippen LogP contribution in [0, 0.1) is 18.3 Å². The van der Waals surface area contributed by atoms with Crippen LogP contribution in [-0.4, -0.2) is 41.9 Å². The Labute approximate surface area is 347 Å². The quantitative estimate of drug-likeness (QED) is 0.0529. The minimum atomic E-state index is -1.18. The van der Waals surface area contributed by atoms with Crippen molar-refractivity contribution < 1.29 is 91.3 Å². The maximum atomic E-state index is 13.5. The topological polar surface area (TPSA) is 265 Å². The summed E-state index contributed by atoms with van der Waals surface area (Å²) in [4.78, 5) is 38.4. The molecule has 1 radical (unpaired) electrons. The van der Waals surface area contributed by atoms with Gasteiger partial charge in [-0.05, 0) is 66.9 Å². The number of hydrogen-bond donors (Lipinski definition) is 4. The molecule has 4 aromatic carbocycles. The van der Waals surface area contributed by atoms with Crippen molar-refractivity contribution in [1.82, 2.24) is 9.55 Å². The van der Waals surface area contributed by atoms with E-state index in [-0.39, 0.29) is 102 Å². The van der Waals surface area contributed by atoms with Crippen molar-refractivity contribution in [3.05, 3.63) is 112 Å². The summed E-state index contributed by atoms with van der Waals surface area (Å²) < 4.78 is 5.34. The van der Waals surface area contributed by atoms with Gasteiger partial charge in [0.25, 0.3) is 11.5 Å². The Morgan fingerprint density at radius 1 is 0.927 bits per heavy atom. The van der Waals surface area contributed by atoms with Crippen molar-refractivity contribution >= 4 is 68.4 Å². The predicted molar refractivity (Wildman–Crippen MR) is 187 cm³/mol. The van der Waals surface area contributed by atoms with Gasteiger partial charge in [0, 0.05) is 46.5 Å². The van der Waals surface area contributed by atoms with E-state index in [9.17, 15) is 35.4 Å². The number of aromatic nitrogens is 2. The van der Waals surface area contributed by atoms with Crippen molar-refractivity contribution in [2.75, 3.05) is 0 Å². The number of aromatic hydroxyl groups is 2. The number of fused-ring (bicyclic) bond motifs is 2. The van der Waals surface area contributed by atoms with Crippen LogP contribution in [0.15, 0.2) is 115 Å². The number of benzene rings is 4. The van der Waals surface area contributed by atoms with E-state index >= 15 is 0 Å². The molecule has 55 heavy (non-hydrogen) atoms. The van der Waals surface area contributed by atoms with Crippen LogP contribution < -0.4 is 40.4 Å². The smallest absolute Gasteiger partial charge is 0.691 e. The fourth-order valence-electron chi connectivity index (χ4n) is 4.99. The van der Waals surface area contributed by atoms with Crippen LogP contribution in [0.3, 0.4) is 0 Å². The summed E-state index contributed by atoms with van der Waals surface area (Å²) in [5, 5.41) is 81.0. The third-order valence-electron chi connectivity index (χ3n) is 7.38. The van der Waals surface area contributed by atoms with E-state index in [0.29, 0.717) is 28.6 Å². The first-order chi connectivity index (χ1) is 25.4. The summed E-state index contributed by atoms with van der Waals surface area (Å²) in [6.45, 7) is 2.51. The molecular formula is C35H24CuN7NaO10S. The second kappa shape index (κ2) is 19.7. The van der Waals surface area contributed by atoms with Crippen LogP contribution in [0.5, 0.6) is 11.6 Å². The van der Waals surface area contributed by atoms with Crippen LogP contribution >= 0.6 is 12.0 Å². The van der Waals surface area contributed by atoms with E-state index in [1.165, 1.54) is 43.3 Å². The molecule has 6 aromatic rings. The van der Waals surface area contributed by atoms with Gasteiger partial charge in [-0.25, -0.2) is 9.36 Å². The first-order valence-corrected chi connectivity index (χ1v) is 15.7. The zero-order valence-corrected chi connectivity index (χ0v) is 32.4. The number of nitrogens with zero attached hydrogens (tertiary/aromatic N) is 7. The second-order valence-electron chi connectivity index (χ2n) is 10.7. The minimum Gasteiger partial charge on any atom is -0.691 e. The fraction of sp³-hybridized carbons (Fsp3) is 0.0571. The van der Waals surface area contributed by atoms with Crippen LogP contribution in [-0.2, 0) is 31.2 Å². The Kier molecular flexibility index (Phi) is 15.7. The minimum absolute atomic E-state index is 0. The van der Waals surface area contributed by atoms with Gasteiger partial charge in [0.1, 0.15) is 23.0 Å². The normalized spacial score (nSPS) is 10.7. The average molecular weight is 821 g/mol. The number of aromatic carboxylic acids is 1. The molecule has 0 spiro atoms. The Hall–Kier alpha value is -5.52. The maximum absolute atomic E-state index is 13.5. The van der Waals surface area contributed by atoms with Crippen LogP contribution in [0.25, 0.3) is 27.4 Å². The van der Waals surface area contributed by atoms with Crippen molar-refractivity contribution in [2.24, 2.45) is 20.5 Å². The van der Waals surface area contributed by atoms with E-state index < -0.39 is 23.4 Å². The Morgan fingerprint density at radius 3 is 2.25 bits per heavy atom. The van der Waals surface area contributed by atoms with Crippen molar-refractivity contribution in [1.29, 1.82) is 5.26 Å². The van der Waals surface area contributed by atoms with Gasteiger partial charge in [-0.2, -0.15) is 14.7 Å². The molecule has 2 heterocycles. The summed E-state index contributed by atoms with van der Waals surface area (Å²) in [6, 6.07) is 22.1. The van der Waals surface area contributed by atoms with Crippen molar-refractivity contribution in [3.8, 4) is 23.4 Å². The zero-order chi connectivity index (χ0) is 38.2. The average Bonchev–Trinajstić information content (AvgIpc) is 3.14. The van der Waals surface area contributed by atoms with E-state index in [2.05, 4.69) is 34.8 Å². The Balaban J connectivity index is 0.00000129. The van der Waals surface area contributed by atoms with E-state index in [4.69, 9.17) is 9.90 Å². The number of aliphatic carboxylic acids is 1. The number of azo groups is 2. The van der Waals surface area contributed by atoms with Gasteiger partial charge in [0.2, 0.25) is 5.88 Å². The molecule has 2 aromatic heterocycles. The molecule has 277 valence electrons. The van der Waals surface area contributed by atoms with Crippen LogP contribution in [0.2, 0.25) is 0 Å². The Morgan fingerprint density at radius 2 is 1.60 bits per heavy atom. The first-order valence-electron chi connectivity index (χ1n) is 15.0. The van der Waals surface area contributed by atoms with Crippen LogP contribution in [0.4, 0.5) is 22.7 Å². The monoisotopic (exact) mass is 820 g/mol. The van der Waals surface area contributed by atoms with E-state index in [0.717, 1.165) is 16.9 Å². The fourth-order valence-corrected chi connectivity index (χ4v) is 5.48. The third kappa shape index (κ3) is 9.97. The van der Waals surface area contributed by atoms with Crippen LogP contribution in [0.1, 0.15) is 28.4 Å². The van der Waals surface area contributed by atoms with Gasteiger partial charge < -0.3 is 25.7 Å². The number of rotatable bonds is 9. The molecule has 0 amide bonds. The predicted octanol–water partition coefficient (Wildman–Crippen LogP) is 3.98. The summed E-state index contributed by atoms with van der Waals surface area (Å²) in [5.74, 6) is -3.01. The number of nitriles is 1. The number of phenolic OH excluding ortho intramolecular Hbond substituents is 1. The molecule has 0 aliphatic heterocycles. The molecule has 20 heteroatoms. The van der Waals surface area contributed by atoms with Gasteiger partial charge in [0.05, 0.1) is 39.4 Å². The SMILES string of the molecule is CC(=O)O.Cc1c(C#N)c(O)n(-c2ccc(C(=O)O)cc2)c(=O)c1N=Nc1ccc2cc(SOO[O-])c(N=Nc3cccc4cccnc34)c(O)c2c1.[Cu].[Na+]. The van der Waals surface area contributed by atoms with Gasteiger partial charge in [-0.1, -0.05) is 24.3 Å². The van der Waals surface area contributed by atoms with Gasteiger partial charge in [-0.3, -0.25) is 19.6 Å². The van der Waals surface area contributed by atoms with E-state index in [1.807, 2.05) is 18.2 Å². The molecule has 0 saturated heterocycles. The van der Waals surface area contributed by atoms with E-state index in [1.54, 1.807) is 36.5 Å². The molecule has 0 aliphatic carbocycles. The number of phenols is 1. The van der Waals surface area contributed by atoms with Crippen molar-refractivity contribution in [3.63, 3.8) is 0 Å². The van der Waals surface area contributed by atoms with Gasteiger partial charge >= 0.3 is 35.5 Å². The molecule has 0 bridgehead atoms. The summed E-state index contributed by atoms with van der Waals surface area (Å²) in [6.07, 6.45) is 1.61. The third-order valence-corrected chi connectivity index (χ3v) is 7.99. The Bertz CT molecular complexity index is 2550. The zero-order valence-electron chi connectivity index (χ0n) is 28.7. The standard InChI is InChI=1S/C33H21N7O8S.C2H4O2.Cu.Na/c1-17-24(16-34)31(42)40(22-11-8-19(9-12-22)33(44)45)32(43)27(17)38-36-21-10-7-20-14-26(49-48-47-46)29(30(41)23(20)15-21)39-37-25-6-2-4-18-5-3-13-35-28(18)25;1-2(3)4;;/h2-15,41-42,46H,1H3,(H,44,45);1H3,(H,3,4);;/q;;;+1/p-1. The van der Waals surface area contributed by atoms with Gasteiger partial charge in [-0.15, -0.1) is 15.3 Å². The maximum Gasteiger partial charge on any atom is 1.00 e. The first kappa shape index (κ1) is 43.9. The number of hydrogen-bond acceptors (Lipinski definition) is 15. The molecule has 0 unspecified atom stereocenters. The largest absolute Gasteiger partial charge is 1.00 e. The second-order valence-corrected chi connectivity index (χ2v) is 11.5. The summed E-state index contributed by atoms with van der Waals surface area (Å²) in [7, 11) is 0. The molecule has 0 fully saturated rings. The summed E-state index contributed by atoms with van der Waals surface area (Å²) >= 11 is 0.517.